The fourth-order valence-corrected chi connectivity index (χ4v) is 3.23. The standard InChI is InChI=1S/C14H14N4O3S/c1-4-18-6-15-13-10(14(18)20)8(3)11(22-13)12(19)16-9-5-7(2)21-17-9/h5-6H,4H2,1-3H3,(H,16,17,19). The van der Waals surface area contributed by atoms with E-state index in [9.17, 15) is 9.59 Å². The molecule has 0 atom stereocenters. The number of amides is 1. The molecule has 0 radical (unpaired) electrons. The van der Waals surface area contributed by atoms with Crippen LogP contribution in [0, 0.1) is 13.8 Å². The van der Waals surface area contributed by atoms with Crippen molar-refractivity contribution in [3.05, 3.63) is 38.9 Å². The number of carbonyl (C=O) groups is 1. The smallest absolute Gasteiger partial charge is 0.267 e. The lowest BCUT2D eigenvalue weighted by Crippen LogP contribution is -2.19. The van der Waals surface area contributed by atoms with Gasteiger partial charge >= 0.3 is 0 Å². The van der Waals surface area contributed by atoms with Crippen LogP contribution in [-0.2, 0) is 6.54 Å². The number of aromatic nitrogens is 3. The summed E-state index contributed by atoms with van der Waals surface area (Å²) in [5, 5.41) is 6.88. The van der Waals surface area contributed by atoms with Gasteiger partial charge < -0.3 is 9.84 Å². The van der Waals surface area contributed by atoms with Crippen LogP contribution < -0.4 is 10.9 Å². The van der Waals surface area contributed by atoms with Gasteiger partial charge in [-0.15, -0.1) is 11.3 Å². The monoisotopic (exact) mass is 318 g/mol. The second kappa shape index (κ2) is 5.38. The van der Waals surface area contributed by atoms with Gasteiger partial charge in [0, 0.05) is 12.6 Å². The summed E-state index contributed by atoms with van der Waals surface area (Å²) in [5.74, 6) is 0.630. The minimum Gasteiger partial charge on any atom is -0.360 e. The van der Waals surface area contributed by atoms with E-state index in [4.69, 9.17) is 4.52 Å². The largest absolute Gasteiger partial charge is 0.360 e. The van der Waals surface area contributed by atoms with Crippen LogP contribution in [0.1, 0.15) is 27.9 Å². The molecular formula is C14H14N4O3S. The van der Waals surface area contributed by atoms with Crippen LogP contribution >= 0.6 is 11.3 Å². The van der Waals surface area contributed by atoms with E-state index in [0.29, 0.717) is 38.8 Å². The number of hydrogen-bond donors (Lipinski definition) is 1. The fraction of sp³-hybridized carbons (Fsp3) is 0.286. The van der Waals surface area contributed by atoms with Crippen molar-refractivity contribution in [2.45, 2.75) is 27.3 Å². The van der Waals surface area contributed by atoms with Crippen LogP contribution in [-0.4, -0.2) is 20.6 Å². The van der Waals surface area contributed by atoms with Crippen LogP contribution in [0.25, 0.3) is 10.2 Å². The van der Waals surface area contributed by atoms with E-state index < -0.39 is 0 Å². The SMILES string of the molecule is CCn1cnc2sc(C(=O)Nc3cc(C)on3)c(C)c2c1=O. The first-order valence-electron chi connectivity index (χ1n) is 6.74. The maximum absolute atomic E-state index is 12.4. The maximum Gasteiger partial charge on any atom is 0.267 e. The minimum absolute atomic E-state index is 0.127. The third-order valence-electron chi connectivity index (χ3n) is 3.33. The van der Waals surface area contributed by atoms with Gasteiger partial charge in [0.05, 0.1) is 16.6 Å². The molecule has 0 fully saturated rings. The van der Waals surface area contributed by atoms with Crippen molar-refractivity contribution in [3.8, 4) is 0 Å². The van der Waals surface area contributed by atoms with Gasteiger partial charge in [-0.3, -0.25) is 14.2 Å². The lowest BCUT2D eigenvalue weighted by atomic mass is 10.2. The first-order chi connectivity index (χ1) is 10.5. The number of nitrogens with zero attached hydrogens (tertiary/aromatic N) is 3. The van der Waals surface area contributed by atoms with E-state index in [0.717, 1.165) is 0 Å². The van der Waals surface area contributed by atoms with Crippen LogP contribution in [0.2, 0.25) is 0 Å². The molecule has 0 spiro atoms. The summed E-state index contributed by atoms with van der Waals surface area (Å²) in [5.41, 5.74) is 0.510. The Morgan fingerprint density at radius 1 is 1.45 bits per heavy atom. The first kappa shape index (κ1) is 14.5. The van der Waals surface area contributed by atoms with Crippen molar-refractivity contribution in [1.29, 1.82) is 0 Å². The van der Waals surface area contributed by atoms with Gasteiger partial charge in [0.2, 0.25) is 0 Å². The molecule has 3 rings (SSSR count). The molecule has 1 amide bonds. The Morgan fingerprint density at radius 3 is 2.86 bits per heavy atom. The predicted molar refractivity (Wildman–Crippen MR) is 83.5 cm³/mol. The molecule has 1 N–H and O–H groups in total. The zero-order valence-corrected chi connectivity index (χ0v) is 13.2. The molecule has 0 saturated heterocycles. The summed E-state index contributed by atoms with van der Waals surface area (Å²) in [4.78, 5) is 30.0. The molecule has 22 heavy (non-hydrogen) atoms. The van der Waals surface area contributed by atoms with Gasteiger partial charge in [0.25, 0.3) is 11.5 Å². The zero-order chi connectivity index (χ0) is 15.9. The molecular weight excluding hydrogens is 304 g/mol. The number of fused-ring (bicyclic) bond motifs is 1. The fourth-order valence-electron chi connectivity index (χ4n) is 2.20. The molecule has 3 heterocycles. The topological polar surface area (TPSA) is 90.0 Å². The Bertz CT molecular complexity index is 922. The number of thiophene rings is 1. The van der Waals surface area contributed by atoms with E-state index in [1.54, 1.807) is 19.9 Å². The molecule has 0 aliphatic heterocycles. The maximum atomic E-state index is 12.4. The van der Waals surface area contributed by atoms with Crippen molar-refractivity contribution in [1.82, 2.24) is 14.7 Å². The summed E-state index contributed by atoms with van der Waals surface area (Å²) in [6.45, 7) is 5.91. The van der Waals surface area contributed by atoms with Crippen LogP contribution in [0.4, 0.5) is 5.82 Å². The second-order valence-corrected chi connectivity index (χ2v) is 5.85. The molecule has 8 heteroatoms. The molecule has 0 saturated carbocycles. The summed E-state index contributed by atoms with van der Waals surface area (Å²) in [6.07, 6.45) is 1.50. The van der Waals surface area contributed by atoms with Crippen LogP contribution in [0.5, 0.6) is 0 Å². The molecule has 3 aromatic heterocycles. The molecule has 114 valence electrons. The average Bonchev–Trinajstić information content (AvgIpc) is 3.03. The number of carbonyl (C=O) groups excluding carboxylic acids is 1. The molecule has 7 nitrogen and oxygen atoms in total. The molecule has 0 aromatic carbocycles. The number of anilines is 1. The highest BCUT2D eigenvalue weighted by Gasteiger charge is 2.20. The Balaban J connectivity index is 2.04. The lowest BCUT2D eigenvalue weighted by Gasteiger charge is -2.00. The first-order valence-corrected chi connectivity index (χ1v) is 7.56. The Kier molecular flexibility index (Phi) is 3.53. The number of rotatable bonds is 3. The minimum atomic E-state index is -0.323. The van der Waals surface area contributed by atoms with E-state index >= 15 is 0 Å². The molecule has 0 aliphatic rings. The van der Waals surface area contributed by atoms with E-state index in [-0.39, 0.29) is 11.5 Å². The average molecular weight is 318 g/mol. The quantitative estimate of drug-likeness (QED) is 0.800. The normalized spacial score (nSPS) is 11.0. The van der Waals surface area contributed by atoms with Crippen molar-refractivity contribution < 1.29 is 9.32 Å². The molecule has 0 aliphatic carbocycles. The summed E-state index contributed by atoms with van der Waals surface area (Å²) >= 11 is 1.20. The van der Waals surface area contributed by atoms with Gasteiger partial charge in [-0.2, -0.15) is 0 Å². The van der Waals surface area contributed by atoms with Crippen LogP contribution in [0.15, 0.2) is 21.7 Å². The Hall–Kier alpha value is -2.48. The van der Waals surface area contributed by atoms with Crippen molar-refractivity contribution >= 4 is 33.3 Å². The van der Waals surface area contributed by atoms with Crippen LogP contribution in [0.3, 0.4) is 0 Å². The Labute approximate surface area is 129 Å². The van der Waals surface area contributed by atoms with Gasteiger partial charge in [0.1, 0.15) is 10.6 Å². The van der Waals surface area contributed by atoms with Gasteiger partial charge in [-0.1, -0.05) is 5.16 Å². The third kappa shape index (κ3) is 2.31. The highest BCUT2D eigenvalue weighted by atomic mass is 32.1. The number of hydrogen-bond acceptors (Lipinski definition) is 6. The van der Waals surface area contributed by atoms with E-state index in [1.165, 1.54) is 22.2 Å². The zero-order valence-electron chi connectivity index (χ0n) is 12.3. The molecule has 3 aromatic rings. The van der Waals surface area contributed by atoms with Crippen molar-refractivity contribution in [2.24, 2.45) is 0 Å². The summed E-state index contributed by atoms with van der Waals surface area (Å²) < 4.78 is 6.43. The highest BCUT2D eigenvalue weighted by Crippen LogP contribution is 2.27. The molecule has 0 unspecified atom stereocenters. The summed E-state index contributed by atoms with van der Waals surface area (Å²) in [7, 11) is 0. The number of nitrogens with one attached hydrogen (secondary N) is 1. The second-order valence-electron chi connectivity index (χ2n) is 4.85. The van der Waals surface area contributed by atoms with Crippen molar-refractivity contribution in [2.75, 3.05) is 5.32 Å². The lowest BCUT2D eigenvalue weighted by molar-refractivity contribution is 0.102. The van der Waals surface area contributed by atoms with Crippen molar-refractivity contribution in [3.63, 3.8) is 0 Å². The number of aryl methyl sites for hydroxylation is 3. The van der Waals surface area contributed by atoms with Gasteiger partial charge in [-0.25, -0.2) is 4.98 Å². The molecule has 0 bridgehead atoms. The highest BCUT2D eigenvalue weighted by molar-refractivity contribution is 7.20. The van der Waals surface area contributed by atoms with E-state index in [2.05, 4.69) is 15.5 Å². The third-order valence-corrected chi connectivity index (χ3v) is 4.53. The predicted octanol–water partition coefficient (Wildman–Crippen LogP) is 2.34. The Morgan fingerprint density at radius 2 is 2.23 bits per heavy atom. The summed E-state index contributed by atoms with van der Waals surface area (Å²) in [6, 6.07) is 1.63. The van der Waals surface area contributed by atoms with Gasteiger partial charge in [-0.05, 0) is 26.3 Å². The van der Waals surface area contributed by atoms with E-state index in [1.807, 2.05) is 6.92 Å². The van der Waals surface area contributed by atoms with Gasteiger partial charge in [0.15, 0.2) is 5.82 Å².